The standard InChI is InChI=1S/C8H14O3/c1-2-11-8(10)7(9)6-4-3-5-6/h6-7,9H,2-5H2,1H3. The molecule has 3 nitrogen and oxygen atoms in total. The number of rotatable bonds is 3. The maximum absolute atomic E-state index is 10.9. The average molecular weight is 158 g/mol. The van der Waals surface area contributed by atoms with E-state index in [1.54, 1.807) is 6.92 Å². The molecule has 0 bridgehead atoms. The van der Waals surface area contributed by atoms with E-state index in [0.29, 0.717) is 6.61 Å². The Morgan fingerprint density at radius 1 is 1.73 bits per heavy atom. The molecule has 0 aromatic heterocycles. The zero-order valence-electron chi connectivity index (χ0n) is 6.75. The summed E-state index contributed by atoms with van der Waals surface area (Å²) in [6.07, 6.45) is 2.17. The van der Waals surface area contributed by atoms with Gasteiger partial charge in [0.2, 0.25) is 0 Å². The first-order chi connectivity index (χ1) is 5.25. The van der Waals surface area contributed by atoms with E-state index in [1.165, 1.54) is 0 Å². The lowest BCUT2D eigenvalue weighted by atomic mass is 9.81. The Morgan fingerprint density at radius 3 is 2.73 bits per heavy atom. The Balaban J connectivity index is 2.27. The van der Waals surface area contributed by atoms with Crippen molar-refractivity contribution in [1.29, 1.82) is 0 Å². The van der Waals surface area contributed by atoms with Gasteiger partial charge in [-0.15, -0.1) is 0 Å². The molecule has 0 aromatic rings. The summed E-state index contributed by atoms with van der Waals surface area (Å²) in [4.78, 5) is 10.9. The molecule has 0 radical (unpaired) electrons. The van der Waals surface area contributed by atoms with E-state index in [0.717, 1.165) is 19.3 Å². The summed E-state index contributed by atoms with van der Waals surface area (Å²) < 4.78 is 4.67. The molecule has 1 aliphatic rings. The Bertz CT molecular complexity index is 140. The molecule has 1 unspecified atom stereocenters. The van der Waals surface area contributed by atoms with Gasteiger partial charge in [0.05, 0.1) is 6.61 Å². The topological polar surface area (TPSA) is 46.5 Å². The fourth-order valence-electron chi connectivity index (χ4n) is 1.18. The van der Waals surface area contributed by atoms with Crippen molar-refractivity contribution in [1.82, 2.24) is 0 Å². The normalized spacial score (nSPS) is 20.5. The third-order valence-corrected chi connectivity index (χ3v) is 2.12. The van der Waals surface area contributed by atoms with Crippen LogP contribution in [0.1, 0.15) is 26.2 Å². The first-order valence-electron chi connectivity index (χ1n) is 4.10. The molecule has 64 valence electrons. The minimum atomic E-state index is -0.872. The lowest BCUT2D eigenvalue weighted by molar-refractivity contribution is -0.157. The van der Waals surface area contributed by atoms with E-state index in [-0.39, 0.29) is 5.92 Å². The molecule has 0 aromatic carbocycles. The largest absolute Gasteiger partial charge is 0.464 e. The average Bonchev–Trinajstić information content (AvgIpc) is 1.84. The summed E-state index contributed by atoms with van der Waals surface area (Å²) in [5.41, 5.74) is 0. The molecule has 0 aliphatic heterocycles. The van der Waals surface area contributed by atoms with Gasteiger partial charge in [-0.2, -0.15) is 0 Å². The van der Waals surface area contributed by atoms with Crippen molar-refractivity contribution in [3.05, 3.63) is 0 Å². The van der Waals surface area contributed by atoms with Gasteiger partial charge in [0.25, 0.3) is 0 Å². The number of carbonyl (C=O) groups is 1. The Morgan fingerprint density at radius 2 is 2.36 bits per heavy atom. The molecular weight excluding hydrogens is 144 g/mol. The lowest BCUT2D eigenvalue weighted by Crippen LogP contribution is -2.35. The molecule has 1 N–H and O–H groups in total. The van der Waals surface area contributed by atoms with Gasteiger partial charge in [0, 0.05) is 0 Å². The maximum Gasteiger partial charge on any atom is 0.335 e. The third kappa shape index (κ3) is 1.93. The highest BCUT2D eigenvalue weighted by atomic mass is 16.5. The SMILES string of the molecule is CCOC(=O)C(O)C1CCC1. The van der Waals surface area contributed by atoms with E-state index in [1.807, 2.05) is 0 Å². The van der Waals surface area contributed by atoms with Crippen LogP contribution in [0.3, 0.4) is 0 Å². The second-order valence-corrected chi connectivity index (χ2v) is 2.89. The van der Waals surface area contributed by atoms with Crippen molar-refractivity contribution < 1.29 is 14.6 Å². The zero-order valence-corrected chi connectivity index (χ0v) is 6.75. The van der Waals surface area contributed by atoms with Crippen molar-refractivity contribution >= 4 is 5.97 Å². The number of aliphatic hydroxyl groups is 1. The number of hydrogen-bond donors (Lipinski definition) is 1. The molecule has 1 rings (SSSR count). The van der Waals surface area contributed by atoms with Crippen LogP contribution in [-0.2, 0) is 9.53 Å². The van der Waals surface area contributed by atoms with Crippen molar-refractivity contribution in [2.75, 3.05) is 6.61 Å². The molecule has 1 saturated carbocycles. The molecule has 3 heteroatoms. The van der Waals surface area contributed by atoms with Crippen LogP contribution >= 0.6 is 0 Å². The Hall–Kier alpha value is -0.570. The van der Waals surface area contributed by atoms with E-state index >= 15 is 0 Å². The number of carbonyl (C=O) groups excluding carboxylic acids is 1. The molecule has 1 fully saturated rings. The molecule has 0 saturated heterocycles. The fourth-order valence-corrected chi connectivity index (χ4v) is 1.18. The minimum Gasteiger partial charge on any atom is -0.464 e. The predicted molar refractivity (Wildman–Crippen MR) is 40.0 cm³/mol. The van der Waals surface area contributed by atoms with Crippen LogP contribution in [0.5, 0.6) is 0 Å². The van der Waals surface area contributed by atoms with Crippen molar-refractivity contribution in [2.24, 2.45) is 5.92 Å². The fraction of sp³-hybridized carbons (Fsp3) is 0.875. The predicted octanol–water partition coefficient (Wildman–Crippen LogP) is 0.710. The molecule has 11 heavy (non-hydrogen) atoms. The Kier molecular flexibility index (Phi) is 2.88. The monoisotopic (exact) mass is 158 g/mol. The van der Waals surface area contributed by atoms with E-state index in [2.05, 4.69) is 4.74 Å². The van der Waals surface area contributed by atoms with Crippen molar-refractivity contribution in [2.45, 2.75) is 32.3 Å². The van der Waals surface area contributed by atoms with Gasteiger partial charge in [0.15, 0.2) is 6.10 Å². The number of esters is 1. The molecular formula is C8H14O3. The summed E-state index contributed by atoms with van der Waals surface area (Å²) in [7, 11) is 0. The van der Waals surface area contributed by atoms with Gasteiger partial charge >= 0.3 is 5.97 Å². The Labute approximate surface area is 66.4 Å². The van der Waals surface area contributed by atoms with Gasteiger partial charge in [-0.05, 0) is 25.7 Å². The van der Waals surface area contributed by atoms with Crippen LogP contribution in [0.2, 0.25) is 0 Å². The van der Waals surface area contributed by atoms with Gasteiger partial charge in [-0.1, -0.05) is 6.42 Å². The summed E-state index contributed by atoms with van der Waals surface area (Å²) in [6, 6.07) is 0. The summed E-state index contributed by atoms with van der Waals surface area (Å²) in [5, 5.41) is 9.29. The van der Waals surface area contributed by atoms with Crippen LogP contribution in [0.4, 0.5) is 0 Å². The van der Waals surface area contributed by atoms with E-state index in [4.69, 9.17) is 0 Å². The summed E-state index contributed by atoms with van der Waals surface area (Å²) in [5.74, 6) is -0.300. The summed E-state index contributed by atoms with van der Waals surface area (Å²) in [6.45, 7) is 2.09. The van der Waals surface area contributed by atoms with Gasteiger partial charge in [0.1, 0.15) is 0 Å². The second kappa shape index (κ2) is 3.72. The van der Waals surface area contributed by atoms with E-state index in [9.17, 15) is 9.90 Å². The smallest absolute Gasteiger partial charge is 0.335 e. The van der Waals surface area contributed by atoms with Crippen LogP contribution in [0.25, 0.3) is 0 Å². The third-order valence-electron chi connectivity index (χ3n) is 2.12. The number of aliphatic hydroxyl groups excluding tert-OH is 1. The van der Waals surface area contributed by atoms with Crippen LogP contribution in [0.15, 0.2) is 0 Å². The number of hydrogen-bond acceptors (Lipinski definition) is 3. The van der Waals surface area contributed by atoms with Gasteiger partial charge in [-0.3, -0.25) is 0 Å². The van der Waals surface area contributed by atoms with E-state index < -0.39 is 12.1 Å². The lowest BCUT2D eigenvalue weighted by Gasteiger charge is -2.28. The van der Waals surface area contributed by atoms with Crippen LogP contribution in [-0.4, -0.2) is 23.8 Å². The first-order valence-corrected chi connectivity index (χ1v) is 4.10. The van der Waals surface area contributed by atoms with Crippen molar-refractivity contribution in [3.8, 4) is 0 Å². The number of ether oxygens (including phenoxy) is 1. The van der Waals surface area contributed by atoms with Gasteiger partial charge < -0.3 is 9.84 Å². The van der Waals surface area contributed by atoms with Crippen LogP contribution < -0.4 is 0 Å². The highest BCUT2D eigenvalue weighted by Gasteiger charge is 2.31. The molecule has 1 aliphatic carbocycles. The highest BCUT2D eigenvalue weighted by molar-refractivity contribution is 5.74. The maximum atomic E-state index is 10.9. The minimum absolute atomic E-state index is 0.161. The zero-order chi connectivity index (χ0) is 8.27. The second-order valence-electron chi connectivity index (χ2n) is 2.89. The molecule has 0 amide bonds. The van der Waals surface area contributed by atoms with Gasteiger partial charge in [-0.25, -0.2) is 4.79 Å². The molecule has 1 atom stereocenters. The molecule has 0 spiro atoms. The summed E-state index contributed by atoms with van der Waals surface area (Å²) >= 11 is 0. The first kappa shape index (κ1) is 8.53. The van der Waals surface area contributed by atoms with Crippen LogP contribution in [0, 0.1) is 5.92 Å². The van der Waals surface area contributed by atoms with Crippen molar-refractivity contribution in [3.63, 3.8) is 0 Å². The quantitative estimate of drug-likeness (QED) is 0.615. The molecule has 0 heterocycles. The highest BCUT2D eigenvalue weighted by Crippen LogP contribution is 2.29.